The SMILES string of the molecule is CCOC(=O)C(C)F. The molecule has 0 aromatic heterocycles. The second-order valence-corrected chi connectivity index (χ2v) is 1.37. The Balaban J connectivity index is 3.33. The van der Waals surface area contributed by atoms with Crippen molar-refractivity contribution in [2.24, 2.45) is 0 Å². The van der Waals surface area contributed by atoms with E-state index in [1.807, 2.05) is 0 Å². The molecular weight excluding hydrogens is 111 g/mol. The average molecular weight is 120 g/mol. The van der Waals surface area contributed by atoms with Gasteiger partial charge in [-0.3, -0.25) is 0 Å². The maximum absolute atomic E-state index is 11.8. The van der Waals surface area contributed by atoms with Crippen LogP contribution in [0.5, 0.6) is 0 Å². The molecule has 2 nitrogen and oxygen atoms in total. The number of halogens is 1. The topological polar surface area (TPSA) is 26.3 Å². The molecule has 1 atom stereocenters. The third-order valence-electron chi connectivity index (χ3n) is 0.611. The fourth-order valence-corrected chi connectivity index (χ4v) is 0.257. The van der Waals surface area contributed by atoms with Gasteiger partial charge < -0.3 is 4.74 Å². The third kappa shape index (κ3) is 2.55. The van der Waals surface area contributed by atoms with Crippen LogP contribution in [0.4, 0.5) is 4.39 Å². The van der Waals surface area contributed by atoms with Crippen LogP contribution in [0.3, 0.4) is 0 Å². The van der Waals surface area contributed by atoms with Crippen LogP contribution in [0.2, 0.25) is 0 Å². The van der Waals surface area contributed by atoms with Gasteiger partial charge in [-0.05, 0) is 13.8 Å². The molecule has 0 aliphatic rings. The quantitative estimate of drug-likeness (QED) is 0.506. The van der Waals surface area contributed by atoms with Crippen LogP contribution in [-0.4, -0.2) is 18.7 Å². The Labute approximate surface area is 47.6 Å². The summed E-state index contributed by atoms with van der Waals surface area (Å²) in [5.41, 5.74) is 0. The molecule has 0 bridgehead atoms. The van der Waals surface area contributed by atoms with Gasteiger partial charge in [0, 0.05) is 0 Å². The fourth-order valence-electron chi connectivity index (χ4n) is 0.257. The molecule has 0 aromatic rings. The maximum atomic E-state index is 11.8. The number of hydrogen-bond donors (Lipinski definition) is 0. The maximum Gasteiger partial charge on any atom is 0.340 e. The molecule has 0 heterocycles. The first-order valence-electron chi connectivity index (χ1n) is 2.49. The van der Waals surface area contributed by atoms with Gasteiger partial charge in [0.05, 0.1) is 6.61 Å². The highest BCUT2D eigenvalue weighted by Gasteiger charge is 2.09. The summed E-state index contributed by atoms with van der Waals surface area (Å²) in [4.78, 5) is 10.1. The Morgan fingerprint density at radius 2 is 2.38 bits per heavy atom. The minimum Gasteiger partial charge on any atom is -0.464 e. The van der Waals surface area contributed by atoms with E-state index in [4.69, 9.17) is 0 Å². The molecule has 0 spiro atoms. The van der Waals surface area contributed by atoms with Crippen molar-refractivity contribution in [3.05, 3.63) is 0 Å². The van der Waals surface area contributed by atoms with E-state index in [2.05, 4.69) is 4.74 Å². The van der Waals surface area contributed by atoms with Crippen molar-refractivity contribution in [2.75, 3.05) is 6.61 Å². The summed E-state index contributed by atoms with van der Waals surface area (Å²) in [6.07, 6.45) is -1.49. The Morgan fingerprint density at radius 1 is 1.88 bits per heavy atom. The molecule has 3 heteroatoms. The molecule has 0 aliphatic heterocycles. The minimum atomic E-state index is -1.49. The molecule has 0 fully saturated rings. The highest BCUT2D eigenvalue weighted by Crippen LogP contribution is 1.90. The zero-order chi connectivity index (χ0) is 6.57. The first kappa shape index (κ1) is 7.40. The summed E-state index contributed by atoms with van der Waals surface area (Å²) in [5.74, 6) is -0.785. The molecule has 0 radical (unpaired) electrons. The van der Waals surface area contributed by atoms with E-state index in [1.54, 1.807) is 6.92 Å². The second kappa shape index (κ2) is 3.41. The summed E-state index contributed by atoms with van der Waals surface area (Å²) in [6, 6.07) is 0. The van der Waals surface area contributed by atoms with Gasteiger partial charge in [-0.2, -0.15) is 0 Å². The van der Waals surface area contributed by atoms with E-state index in [-0.39, 0.29) is 6.61 Å². The molecule has 0 saturated carbocycles. The summed E-state index contributed by atoms with van der Waals surface area (Å²) < 4.78 is 16.1. The van der Waals surface area contributed by atoms with Crippen LogP contribution in [-0.2, 0) is 9.53 Å². The Bertz CT molecular complexity index is 80.5. The van der Waals surface area contributed by atoms with Gasteiger partial charge in [0.1, 0.15) is 0 Å². The second-order valence-electron chi connectivity index (χ2n) is 1.37. The van der Waals surface area contributed by atoms with Crippen LogP contribution < -0.4 is 0 Å². The molecule has 0 aliphatic carbocycles. The molecular formula is C5H9FO2. The number of alkyl halides is 1. The molecule has 0 rings (SSSR count). The molecule has 8 heavy (non-hydrogen) atoms. The molecule has 0 amide bonds. The minimum absolute atomic E-state index is 0.243. The van der Waals surface area contributed by atoms with E-state index < -0.39 is 12.1 Å². The van der Waals surface area contributed by atoms with Crippen LogP contribution >= 0.6 is 0 Å². The van der Waals surface area contributed by atoms with Gasteiger partial charge in [-0.25, -0.2) is 9.18 Å². The van der Waals surface area contributed by atoms with Crippen molar-refractivity contribution in [3.8, 4) is 0 Å². The van der Waals surface area contributed by atoms with E-state index in [0.29, 0.717) is 0 Å². The molecule has 48 valence electrons. The summed E-state index contributed by atoms with van der Waals surface area (Å²) >= 11 is 0. The number of carbonyl (C=O) groups is 1. The lowest BCUT2D eigenvalue weighted by molar-refractivity contribution is -0.148. The van der Waals surface area contributed by atoms with Gasteiger partial charge in [-0.15, -0.1) is 0 Å². The van der Waals surface area contributed by atoms with Crippen molar-refractivity contribution in [2.45, 2.75) is 20.0 Å². The fraction of sp³-hybridized carbons (Fsp3) is 0.800. The van der Waals surface area contributed by atoms with Crippen molar-refractivity contribution in [1.29, 1.82) is 0 Å². The smallest absolute Gasteiger partial charge is 0.340 e. The van der Waals surface area contributed by atoms with Crippen LogP contribution in [0.25, 0.3) is 0 Å². The highest BCUT2D eigenvalue weighted by atomic mass is 19.1. The Hall–Kier alpha value is -0.600. The first-order valence-corrected chi connectivity index (χ1v) is 2.49. The zero-order valence-corrected chi connectivity index (χ0v) is 4.98. The van der Waals surface area contributed by atoms with E-state index in [0.717, 1.165) is 6.92 Å². The Morgan fingerprint density at radius 3 is 2.50 bits per heavy atom. The third-order valence-corrected chi connectivity index (χ3v) is 0.611. The summed E-state index contributed by atoms with van der Waals surface area (Å²) in [6.45, 7) is 3.03. The van der Waals surface area contributed by atoms with Gasteiger partial charge in [0.15, 0.2) is 6.17 Å². The number of hydrogen-bond acceptors (Lipinski definition) is 2. The summed E-state index contributed by atoms with van der Waals surface area (Å²) in [5, 5.41) is 0. The monoisotopic (exact) mass is 120 g/mol. The standard InChI is InChI=1S/C5H9FO2/c1-3-8-5(7)4(2)6/h4H,3H2,1-2H3. The molecule has 0 saturated heterocycles. The van der Waals surface area contributed by atoms with Crippen molar-refractivity contribution >= 4 is 5.97 Å². The number of carbonyl (C=O) groups excluding carboxylic acids is 1. The number of ether oxygens (including phenoxy) is 1. The van der Waals surface area contributed by atoms with Crippen molar-refractivity contribution < 1.29 is 13.9 Å². The van der Waals surface area contributed by atoms with Gasteiger partial charge in [0.2, 0.25) is 0 Å². The highest BCUT2D eigenvalue weighted by molar-refractivity contribution is 5.73. The zero-order valence-electron chi connectivity index (χ0n) is 4.98. The molecule has 0 aromatic carbocycles. The molecule has 1 unspecified atom stereocenters. The normalized spacial score (nSPS) is 12.9. The van der Waals surface area contributed by atoms with Crippen molar-refractivity contribution in [1.82, 2.24) is 0 Å². The number of rotatable bonds is 2. The molecule has 0 N–H and O–H groups in total. The van der Waals surface area contributed by atoms with Crippen LogP contribution in [0.1, 0.15) is 13.8 Å². The number of esters is 1. The summed E-state index contributed by atoms with van der Waals surface area (Å²) in [7, 11) is 0. The van der Waals surface area contributed by atoms with Crippen LogP contribution in [0.15, 0.2) is 0 Å². The lowest BCUT2D eigenvalue weighted by atomic mass is 10.5. The lowest BCUT2D eigenvalue weighted by Gasteiger charge is -1.99. The first-order chi connectivity index (χ1) is 3.68. The average Bonchev–Trinajstić information content (AvgIpc) is 1.67. The van der Waals surface area contributed by atoms with Gasteiger partial charge in [0.25, 0.3) is 0 Å². The van der Waals surface area contributed by atoms with Gasteiger partial charge >= 0.3 is 5.97 Å². The predicted molar refractivity (Wildman–Crippen MR) is 27.2 cm³/mol. The van der Waals surface area contributed by atoms with E-state index in [1.165, 1.54) is 0 Å². The largest absolute Gasteiger partial charge is 0.464 e. The predicted octanol–water partition coefficient (Wildman–Crippen LogP) is 0.907. The van der Waals surface area contributed by atoms with Crippen molar-refractivity contribution in [3.63, 3.8) is 0 Å². The van der Waals surface area contributed by atoms with Crippen LogP contribution in [0, 0.1) is 0 Å². The Kier molecular flexibility index (Phi) is 3.15. The van der Waals surface area contributed by atoms with E-state index >= 15 is 0 Å². The lowest BCUT2D eigenvalue weighted by Crippen LogP contribution is -2.14. The van der Waals surface area contributed by atoms with Gasteiger partial charge in [-0.1, -0.05) is 0 Å². The van der Waals surface area contributed by atoms with E-state index in [9.17, 15) is 9.18 Å².